The number of piperidine rings is 1. The lowest BCUT2D eigenvalue weighted by Gasteiger charge is -2.43. The van der Waals surface area contributed by atoms with Gasteiger partial charge in [0.1, 0.15) is 5.82 Å². The van der Waals surface area contributed by atoms with Crippen LogP contribution in [-0.2, 0) is 24.3 Å². The molecule has 3 aliphatic heterocycles. The van der Waals surface area contributed by atoms with Crippen LogP contribution in [-0.4, -0.2) is 51.4 Å². The van der Waals surface area contributed by atoms with Gasteiger partial charge in [0.15, 0.2) is 0 Å². The van der Waals surface area contributed by atoms with E-state index in [1.807, 2.05) is 15.5 Å². The van der Waals surface area contributed by atoms with E-state index in [-0.39, 0.29) is 17.3 Å². The molecule has 1 fully saturated rings. The molecule has 0 radical (unpaired) electrons. The molecule has 2 bridgehead atoms. The van der Waals surface area contributed by atoms with Crippen LogP contribution in [0.15, 0.2) is 41.2 Å². The van der Waals surface area contributed by atoms with Gasteiger partial charge in [-0.15, -0.1) is 0 Å². The second-order valence-electron chi connectivity index (χ2n) is 9.23. The van der Waals surface area contributed by atoms with Crippen LogP contribution in [0.2, 0.25) is 0 Å². The Morgan fingerprint density at radius 1 is 1.16 bits per heavy atom. The third-order valence-electron chi connectivity index (χ3n) is 7.20. The number of carbonyl (C=O) groups is 1. The van der Waals surface area contributed by atoms with E-state index in [2.05, 4.69) is 16.0 Å². The van der Waals surface area contributed by atoms with Gasteiger partial charge in [-0.05, 0) is 36.6 Å². The van der Waals surface area contributed by atoms with Gasteiger partial charge >= 0.3 is 0 Å². The Kier molecular flexibility index (Phi) is 4.28. The number of rotatable bonds is 2. The van der Waals surface area contributed by atoms with Gasteiger partial charge in [-0.3, -0.25) is 14.5 Å². The average molecular weight is 420 g/mol. The second-order valence-corrected chi connectivity index (χ2v) is 9.23. The third-order valence-corrected chi connectivity index (χ3v) is 7.20. The maximum atomic E-state index is 13.8. The van der Waals surface area contributed by atoms with Crippen molar-refractivity contribution in [3.05, 3.63) is 69.5 Å². The molecule has 1 N–H and O–H groups in total. The van der Waals surface area contributed by atoms with Crippen LogP contribution >= 0.6 is 0 Å². The summed E-state index contributed by atoms with van der Waals surface area (Å²) in [5.41, 5.74) is 4.26. The summed E-state index contributed by atoms with van der Waals surface area (Å²) >= 11 is 0. The molecule has 0 saturated carbocycles. The van der Waals surface area contributed by atoms with Crippen molar-refractivity contribution in [3.63, 3.8) is 0 Å². The number of aromatic amines is 1. The SMILES string of the molecule is O=C(CN1C[C@@H]2C[C@H](C1)c1cccc(=O)n1C2)N1CCc2[nH]c3ccc(F)cc3c2C1. The summed E-state index contributed by atoms with van der Waals surface area (Å²) in [4.78, 5) is 32.9. The van der Waals surface area contributed by atoms with Crippen molar-refractivity contribution in [1.82, 2.24) is 19.4 Å². The number of benzene rings is 1. The Balaban J connectivity index is 1.18. The Hall–Kier alpha value is -2.93. The lowest BCUT2D eigenvalue weighted by molar-refractivity contribution is -0.134. The molecule has 0 aliphatic carbocycles. The predicted molar refractivity (Wildman–Crippen MR) is 115 cm³/mol. The monoisotopic (exact) mass is 420 g/mol. The van der Waals surface area contributed by atoms with Crippen molar-refractivity contribution in [2.75, 3.05) is 26.2 Å². The van der Waals surface area contributed by atoms with Gasteiger partial charge < -0.3 is 14.5 Å². The lowest BCUT2D eigenvalue weighted by Crippen LogP contribution is -2.50. The zero-order valence-corrected chi connectivity index (χ0v) is 17.3. The van der Waals surface area contributed by atoms with Gasteiger partial charge in [-0.25, -0.2) is 4.39 Å². The molecular weight excluding hydrogens is 395 g/mol. The summed E-state index contributed by atoms with van der Waals surface area (Å²) in [5, 5.41) is 0.877. The highest BCUT2D eigenvalue weighted by molar-refractivity contribution is 5.86. The topological polar surface area (TPSA) is 61.3 Å². The summed E-state index contributed by atoms with van der Waals surface area (Å²) < 4.78 is 15.7. The first-order chi connectivity index (χ1) is 15.0. The maximum absolute atomic E-state index is 13.8. The standard InChI is InChI=1S/C24H25FN4O2/c25-17-4-5-20-18(9-17)19-13-28(7-6-21(19)26-20)24(31)14-27-10-15-8-16(12-27)22-2-1-3-23(30)29(22)11-15/h1-5,9,15-16,26H,6-8,10-14H2/t15-,16+/m0/s1. The van der Waals surface area contributed by atoms with E-state index in [1.54, 1.807) is 18.2 Å². The van der Waals surface area contributed by atoms with E-state index < -0.39 is 0 Å². The van der Waals surface area contributed by atoms with Crippen LogP contribution in [0.5, 0.6) is 0 Å². The van der Waals surface area contributed by atoms with Crippen molar-refractivity contribution in [2.45, 2.75) is 31.8 Å². The number of nitrogens with zero attached hydrogens (tertiary/aromatic N) is 3. The summed E-state index contributed by atoms with van der Waals surface area (Å²) in [6, 6.07) is 10.3. The number of pyridine rings is 1. The van der Waals surface area contributed by atoms with E-state index in [0.29, 0.717) is 31.5 Å². The van der Waals surface area contributed by atoms with Gasteiger partial charge in [0.2, 0.25) is 5.91 Å². The molecule has 6 rings (SSSR count). The maximum Gasteiger partial charge on any atom is 0.250 e. The van der Waals surface area contributed by atoms with Gasteiger partial charge in [0.05, 0.1) is 6.54 Å². The van der Waals surface area contributed by atoms with Gasteiger partial charge in [0, 0.05) is 79.0 Å². The summed E-state index contributed by atoms with van der Waals surface area (Å²) in [6.45, 7) is 4.00. The summed E-state index contributed by atoms with van der Waals surface area (Å²) in [7, 11) is 0. The number of halogens is 1. The van der Waals surface area contributed by atoms with Crippen molar-refractivity contribution in [3.8, 4) is 0 Å². The minimum absolute atomic E-state index is 0.0796. The lowest BCUT2D eigenvalue weighted by atomic mass is 9.83. The number of aromatic nitrogens is 2. The zero-order valence-electron chi connectivity index (χ0n) is 17.3. The fraction of sp³-hybridized carbons (Fsp3) is 0.417. The Labute approximate surface area is 179 Å². The first-order valence-corrected chi connectivity index (χ1v) is 11.0. The minimum Gasteiger partial charge on any atom is -0.358 e. The van der Waals surface area contributed by atoms with Crippen molar-refractivity contribution in [2.24, 2.45) is 5.92 Å². The van der Waals surface area contributed by atoms with Crippen LogP contribution in [0.25, 0.3) is 10.9 Å². The van der Waals surface area contributed by atoms with Crippen molar-refractivity contribution >= 4 is 16.8 Å². The van der Waals surface area contributed by atoms with E-state index in [0.717, 1.165) is 60.3 Å². The first-order valence-electron chi connectivity index (χ1n) is 11.0. The van der Waals surface area contributed by atoms with Crippen molar-refractivity contribution in [1.29, 1.82) is 0 Å². The molecule has 1 amide bonds. The molecule has 3 aliphatic rings. The Morgan fingerprint density at radius 2 is 2.06 bits per heavy atom. The van der Waals surface area contributed by atoms with Crippen LogP contribution in [0, 0.1) is 11.7 Å². The highest BCUT2D eigenvalue weighted by atomic mass is 19.1. The van der Waals surface area contributed by atoms with Crippen LogP contribution in [0.1, 0.15) is 29.3 Å². The molecule has 6 nitrogen and oxygen atoms in total. The molecule has 2 aromatic heterocycles. The fourth-order valence-electron chi connectivity index (χ4n) is 5.82. The Morgan fingerprint density at radius 3 is 2.97 bits per heavy atom. The first kappa shape index (κ1) is 18.8. The second kappa shape index (κ2) is 7.05. The van der Waals surface area contributed by atoms with Crippen LogP contribution in [0.4, 0.5) is 4.39 Å². The highest BCUT2D eigenvalue weighted by Crippen LogP contribution is 2.35. The number of hydrogen-bond donors (Lipinski definition) is 1. The molecule has 0 spiro atoms. The molecule has 1 aromatic carbocycles. The van der Waals surface area contributed by atoms with E-state index in [9.17, 15) is 14.0 Å². The third kappa shape index (κ3) is 3.19. The summed E-state index contributed by atoms with van der Waals surface area (Å²) in [6.07, 6.45) is 1.85. The van der Waals surface area contributed by atoms with Crippen molar-refractivity contribution < 1.29 is 9.18 Å². The predicted octanol–water partition coefficient (Wildman–Crippen LogP) is 2.47. The zero-order chi connectivity index (χ0) is 21.1. The van der Waals surface area contributed by atoms with Gasteiger partial charge in [-0.1, -0.05) is 6.07 Å². The highest BCUT2D eigenvalue weighted by Gasteiger charge is 2.35. The molecule has 31 heavy (non-hydrogen) atoms. The van der Waals surface area contributed by atoms with E-state index >= 15 is 0 Å². The summed E-state index contributed by atoms with van der Waals surface area (Å²) in [5.74, 6) is 0.585. The normalized spacial score (nSPS) is 22.9. The average Bonchev–Trinajstić information content (AvgIpc) is 3.11. The van der Waals surface area contributed by atoms with Gasteiger partial charge in [-0.2, -0.15) is 0 Å². The smallest absolute Gasteiger partial charge is 0.250 e. The number of likely N-dealkylation sites (tertiary alicyclic amines) is 1. The molecule has 3 aromatic rings. The number of fused-ring (bicyclic) bond motifs is 7. The largest absolute Gasteiger partial charge is 0.358 e. The number of carbonyl (C=O) groups excluding carboxylic acids is 1. The molecular formula is C24H25FN4O2. The number of amides is 1. The van der Waals surface area contributed by atoms with Gasteiger partial charge in [0.25, 0.3) is 5.56 Å². The number of H-pyrrole nitrogens is 1. The molecule has 160 valence electrons. The van der Waals surface area contributed by atoms with E-state index in [4.69, 9.17) is 0 Å². The fourth-order valence-corrected chi connectivity index (χ4v) is 5.82. The van der Waals surface area contributed by atoms with Crippen LogP contribution < -0.4 is 5.56 Å². The molecule has 7 heteroatoms. The Bertz CT molecular complexity index is 1250. The molecule has 5 heterocycles. The quantitative estimate of drug-likeness (QED) is 0.693. The number of hydrogen-bond acceptors (Lipinski definition) is 3. The molecule has 1 saturated heterocycles. The minimum atomic E-state index is -0.253. The number of nitrogens with one attached hydrogen (secondary N) is 1. The van der Waals surface area contributed by atoms with E-state index in [1.165, 1.54) is 6.07 Å². The molecule has 0 unspecified atom stereocenters. The van der Waals surface area contributed by atoms with Crippen LogP contribution in [0.3, 0.4) is 0 Å². The molecule has 2 atom stereocenters.